The summed E-state index contributed by atoms with van der Waals surface area (Å²) in [5, 5.41) is 2.85. The predicted octanol–water partition coefficient (Wildman–Crippen LogP) is 6.20. The molecule has 0 saturated heterocycles. The first-order chi connectivity index (χ1) is 20.9. The molecule has 0 atom stereocenters. The largest absolute Gasteiger partial charge is 0.397 e. The van der Waals surface area contributed by atoms with E-state index in [-0.39, 0.29) is 32.0 Å². The van der Waals surface area contributed by atoms with E-state index in [2.05, 4.69) is 15.0 Å². The lowest BCUT2D eigenvalue weighted by Crippen LogP contribution is -2.16. The van der Waals surface area contributed by atoms with Gasteiger partial charge < -0.3 is 11.1 Å². The van der Waals surface area contributed by atoms with Crippen molar-refractivity contribution in [2.45, 2.75) is 14.7 Å². The Hall–Kier alpha value is -4.85. The second kappa shape index (κ2) is 12.0. The van der Waals surface area contributed by atoms with Crippen molar-refractivity contribution in [3.8, 4) is 0 Å². The Balaban J connectivity index is 1.53. The Bertz CT molecular complexity index is 2130. The van der Waals surface area contributed by atoms with Crippen LogP contribution in [0.3, 0.4) is 0 Å². The number of pyridine rings is 1. The SMILES string of the molecule is Nc1c(C(=O)c2c(F)cccc2F)cccc1S(=O)(=O)c1cccnc1Nc1ccccc1NS(=O)(=O)c1ccccc1Cl. The van der Waals surface area contributed by atoms with Crippen LogP contribution in [0.2, 0.25) is 5.02 Å². The molecule has 0 saturated carbocycles. The minimum absolute atomic E-state index is 0.000382. The van der Waals surface area contributed by atoms with Crippen LogP contribution in [0.5, 0.6) is 0 Å². The Morgan fingerprint density at radius 2 is 1.32 bits per heavy atom. The van der Waals surface area contributed by atoms with Crippen LogP contribution in [0, 0.1) is 11.6 Å². The van der Waals surface area contributed by atoms with Gasteiger partial charge in [0.05, 0.1) is 32.5 Å². The van der Waals surface area contributed by atoms with E-state index in [0.717, 1.165) is 30.3 Å². The Labute approximate surface area is 256 Å². The lowest BCUT2D eigenvalue weighted by Gasteiger charge is -2.17. The van der Waals surface area contributed by atoms with E-state index in [1.54, 1.807) is 18.2 Å². The molecular weight excluding hydrogens is 634 g/mol. The number of sulfone groups is 1. The highest BCUT2D eigenvalue weighted by Crippen LogP contribution is 2.35. The number of anilines is 4. The van der Waals surface area contributed by atoms with Gasteiger partial charge in [-0.1, -0.05) is 48.0 Å². The fourth-order valence-corrected chi connectivity index (χ4v) is 7.43. The number of benzene rings is 4. The molecule has 44 heavy (non-hydrogen) atoms. The fraction of sp³-hybridized carbons (Fsp3) is 0. The molecular formula is C30H21ClF2N4O5S2. The topological polar surface area (TPSA) is 148 Å². The van der Waals surface area contributed by atoms with Crippen molar-refractivity contribution in [2.24, 2.45) is 0 Å². The molecule has 0 aliphatic carbocycles. The van der Waals surface area contributed by atoms with Crippen LogP contribution in [-0.2, 0) is 19.9 Å². The molecule has 0 aliphatic rings. The van der Waals surface area contributed by atoms with Crippen molar-refractivity contribution in [2.75, 3.05) is 15.8 Å². The molecule has 4 N–H and O–H groups in total. The monoisotopic (exact) mass is 654 g/mol. The lowest BCUT2D eigenvalue weighted by atomic mass is 10.0. The molecule has 0 radical (unpaired) electrons. The number of hydrogen-bond donors (Lipinski definition) is 3. The molecule has 0 spiro atoms. The van der Waals surface area contributed by atoms with Crippen LogP contribution in [-0.4, -0.2) is 27.6 Å². The summed E-state index contributed by atoms with van der Waals surface area (Å²) in [5.74, 6) is -3.61. The van der Waals surface area contributed by atoms with E-state index in [1.165, 1.54) is 54.7 Å². The number of para-hydroxylation sites is 3. The second-order valence-corrected chi connectivity index (χ2v) is 13.1. The molecule has 0 fully saturated rings. The van der Waals surface area contributed by atoms with Crippen molar-refractivity contribution >= 4 is 60.1 Å². The van der Waals surface area contributed by atoms with Gasteiger partial charge in [-0.3, -0.25) is 9.52 Å². The van der Waals surface area contributed by atoms with Gasteiger partial charge in [-0.15, -0.1) is 0 Å². The van der Waals surface area contributed by atoms with E-state index in [4.69, 9.17) is 17.3 Å². The summed E-state index contributed by atoms with van der Waals surface area (Å²) >= 11 is 6.09. The second-order valence-electron chi connectivity index (χ2n) is 9.20. The zero-order valence-corrected chi connectivity index (χ0v) is 24.7. The maximum absolute atomic E-state index is 14.3. The quantitative estimate of drug-likeness (QED) is 0.126. The van der Waals surface area contributed by atoms with E-state index in [0.29, 0.717) is 0 Å². The fourth-order valence-electron chi connectivity index (χ4n) is 4.32. The van der Waals surface area contributed by atoms with Crippen molar-refractivity contribution in [3.63, 3.8) is 0 Å². The van der Waals surface area contributed by atoms with Crippen molar-refractivity contribution < 1.29 is 30.4 Å². The maximum atomic E-state index is 14.3. The molecule has 0 aliphatic heterocycles. The molecule has 0 bridgehead atoms. The van der Waals surface area contributed by atoms with Gasteiger partial charge in [-0.2, -0.15) is 0 Å². The summed E-state index contributed by atoms with van der Waals surface area (Å²) in [4.78, 5) is 16.1. The highest BCUT2D eigenvalue weighted by atomic mass is 35.5. The summed E-state index contributed by atoms with van der Waals surface area (Å²) in [7, 11) is -8.67. The number of carbonyl (C=O) groups excluding carboxylic acids is 1. The summed E-state index contributed by atoms with van der Waals surface area (Å²) in [5.41, 5.74) is 4.51. The Morgan fingerprint density at radius 3 is 2.02 bits per heavy atom. The van der Waals surface area contributed by atoms with Crippen LogP contribution >= 0.6 is 11.6 Å². The van der Waals surface area contributed by atoms with Gasteiger partial charge >= 0.3 is 0 Å². The number of nitrogen functional groups attached to an aromatic ring is 1. The minimum atomic E-state index is -4.52. The Morgan fingerprint density at radius 1 is 0.727 bits per heavy atom. The third-order valence-electron chi connectivity index (χ3n) is 6.40. The average Bonchev–Trinajstić information content (AvgIpc) is 2.98. The van der Waals surface area contributed by atoms with Gasteiger partial charge in [0, 0.05) is 11.8 Å². The van der Waals surface area contributed by atoms with Crippen molar-refractivity contribution in [1.29, 1.82) is 0 Å². The number of nitrogens with zero attached hydrogens (tertiary/aromatic N) is 1. The van der Waals surface area contributed by atoms with Crippen molar-refractivity contribution in [1.82, 2.24) is 4.98 Å². The highest BCUT2D eigenvalue weighted by molar-refractivity contribution is 7.93. The molecule has 224 valence electrons. The third kappa shape index (κ3) is 5.84. The summed E-state index contributed by atoms with van der Waals surface area (Å²) < 4.78 is 85.1. The Kier molecular flexibility index (Phi) is 8.37. The van der Waals surface area contributed by atoms with Crippen LogP contribution in [0.1, 0.15) is 15.9 Å². The highest BCUT2D eigenvalue weighted by Gasteiger charge is 2.29. The van der Waals surface area contributed by atoms with Crippen molar-refractivity contribution in [3.05, 3.63) is 131 Å². The minimum Gasteiger partial charge on any atom is -0.397 e. The molecule has 14 heteroatoms. The number of carbonyl (C=O) groups is 1. The van der Waals surface area contributed by atoms with Crippen LogP contribution in [0.25, 0.3) is 0 Å². The lowest BCUT2D eigenvalue weighted by molar-refractivity contribution is 0.103. The number of hydrogen-bond acceptors (Lipinski definition) is 8. The van der Waals surface area contributed by atoms with Crippen LogP contribution < -0.4 is 15.8 Å². The van der Waals surface area contributed by atoms with E-state index < -0.39 is 59.0 Å². The molecule has 0 unspecified atom stereocenters. The standard InChI is InChI=1S/C30H21ClF2N4O5S2/c31-19-9-1-4-14-24(19)44(41,42)37-23-13-3-2-12-22(23)36-30-26(16-7-17-35-30)43(39,40)25-15-5-8-18(28(25)34)29(38)27-20(32)10-6-11-21(27)33/h1-17,37H,34H2,(H,35,36). The third-order valence-corrected chi connectivity index (χ3v) is 10.1. The van der Waals surface area contributed by atoms with Gasteiger partial charge in [0.1, 0.15) is 27.2 Å². The number of nitrogens with one attached hydrogen (secondary N) is 2. The molecule has 5 rings (SSSR count). The molecule has 0 amide bonds. The average molecular weight is 655 g/mol. The summed E-state index contributed by atoms with van der Waals surface area (Å²) in [6, 6.07) is 20.9. The smallest absolute Gasteiger partial charge is 0.263 e. The predicted molar refractivity (Wildman–Crippen MR) is 162 cm³/mol. The summed E-state index contributed by atoms with van der Waals surface area (Å²) in [6.45, 7) is 0. The van der Waals surface area contributed by atoms with Gasteiger partial charge in [0.25, 0.3) is 10.0 Å². The molecule has 1 heterocycles. The normalized spacial score (nSPS) is 11.6. The number of nitrogens with two attached hydrogens (primary N) is 1. The first-order valence-electron chi connectivity index (χ1n) is 12.6. The number of ketones is 1. The van der Waals surface area contributed by atoms with E-state index in [1.807, 2.05) is 0 Å². The van der Waals surface area contributed by atoms with Gasteiger partial charge in [0.2, 0.25) is 15.6 Å². The first kappa shape index (κ1) is 30.6. The van der Waals surface area contributed by atoms with Crippen LogP contribution in [0.15, 0.2) is 118 Å². The number of halogens is 3. The molecule has 1 aromatic heterocycles. The summed E-state index contributed by atoms with van der Waals surface area (Å²) in [6.07, 6.45) is 1.31. The number of sulfonamides is 1. The van der Waals surface area contributed by atoms with Crippen LogP contribution in [0.4, 0.5) is 31.7 Å². The maximum Gasteiger partial charge on any atom is 0.263 e. The first-order valence-corrected chi connectivity index (χ1v) is 16.0. The van der Waals surface area contributed by atoms with Gasteiger partial charge in [0.15, 0.2) is 0 Å². The van der Waals surface area contributed by atoms with E-state index in [9.17, 15) is 30.4 Å². The van der Waals surface area contributed by atoms with E-state index >= 15 is 0 Å². The number of aromatic nitrogens is 1. The molecule has 5 aromatic rings. The van der Waals surface area contributed by atoms with Gasteiger partial charge in [-0.25, -0.2) is 30.6 Å². The van der Waals surface area contributed by atoms with Gasteiger partial charge in [-0.05, 0) is 60.7 Å². The zero-order chi connectivity index (χ0) is 31.6. The molecule has 4 aromatic carbocycles. The zero-order valence-electron chi connectivity index (χ0n) is 22.3. The molecule has 9 nitrogen and oxygen atoms in total. The number of rotatable bonds is 9.